The second-order valence-corrected chi connectivity index (χ2v) is 4.41. The van der Waals surface area contributed by atoms with Gasteiger partial charge in [-0.05, 0) is 31.5 Å². The average Bonchev–Trinajstić information content (AvgIpc) is 2.92. The van der Waals surface area contributed by atoms with Gasteiger partial charge in [-0.15, -0.1) is 18.3 Å². The number of carbonyl (C=O) groups excluding carboxylic acids is 1. The predicted molar refractivity (Wildman–Crippen MR) is 62.7 cm³/mol. The molecule has 1 atom stereocenters. The number of benzene rings is 1. The summed E-state index contributed by atoms with van der Waals surface area (Å²) >= 11 is 0. The summed E-state index contributed by atoms with van der Waals surface area (Å²) in [6, 6.07) is 1.69. The van der Waals surface area contributed by atoms with Crippen LogP contribution < -0.4 is 15.2 Å². The van der Waals surface area contributed by atoms with Crippen molar-refractivity contribution in [3.8, 4) is 5.75 Å². The number of hydrogen-bond acceptors (Lipinski definition) is 3. The summed E-state index contributed by atoms with van der Waals surface area (Å²) in [5, 5.41) is 2.22. The van der Waals surface area contributed by atoms with Gasteiger partial charge in [0.05, 0.1) is 6.04 Å². The van der Waals surface area contributed by atoms with Gasteiger partial charge in [0.25, 0.3) is 5.91 Å². The highest BCUT2D eigenvalue weighted by Gasteiger charge is 2.35. The number of nitrogens with one attached hydrogen (secondary N) is 1. The number of carbonyl (C=O) groups is 1. The molecule has 0 aliphatic carbocycles. The monoisotopic (exact) mass is 310 g/mol. The number of hydrogen-bond donors (Lipinski definition) is 1. The molecule has 1 saturated heterocycles. The van der Waals surface area contributed by atoms with Crippen molar-refractivity contribution in [2.75, 3.05) is 11.7 Å². The van der Waals surface area contributed by atoms with E-state index in [4.69, 9.17) is 0 Å². The molecule has 0 spiro atoms. The Morgan fingerprint density at radius 2 is 2.10 bits per heavy atom. The summed E-state index contributed by atoms with van der Waals surface area (Å²) in [6.07, 6.45) is -4.08. The molecule has 1 aromatic carbocycles. The molecule has 116 valence electrons. The third-order valence-corrected chi connectivity index (χ3v) is 2.93. The molecule has 0 saturated carbocycles. The fourth-order valence-electron chi connectivity index (χ4n) is 2.01. The van der Waals surface area contributed by atoms with Crippen molar-refractivity contribution in [1.29, 1.82) is 0 Å². The lowest BCUT2D eigenvalue weighted by molar-refractivity contribution is -0.275. The Hall–Kier alpha value is -1.90. The fraction of sp³-hybridized carbons (Fsp3) is 0.417. The summed E-state index contributed by atoms with van der Waals surface area (Å²) in [7, 11) is 0. The molecule has 1 N–H and O–H groups in total. The van der Waals surface area contributed by atoms with Crippen LogP contribution in [0.25, 0.3) is 0 Å². The van der Waals surface area contributed by atoms with Crippen molar-refractivity contribution in [3.63, 3.8) is 0 Å². The molecule has 1 aliphatic rings. The first kappa shape index (κ1) is 15.5. The summed E-state index contributed by atoms with van der Waals surface area (Å²) in [5.74, 6) is -3.85. The van der Waals surface area contributed by atoms with Crippen LogP contribution in [-0.4, -0.2) is 24.9 Å². The summed E-state index contributed by atoms with van der Waals surface area (Å²) in [6.45, 7) is 0.518. The minimum atomic E-state index is -5.11. The zero-order valence-corrected chi connectivity index (χ0v) is 10.6. The lowest BCUT2D eigenvalue weighted by Crippen LogP contribution is -2.40. The Morgan fingerprint density at radius 3 is 2.67 bits per heavy atom. The molecular weight excluding hydrogens is 299 g/mol. The van der Waals surface area contributed by atoms with E-state index in [1.807, 2.05) is 0 Å². The molecule has 1 aromatic rings. The predicted octanol–water partition coefficient (Wildman–Crippen LogP) is 2.69. The maximum absolute atomic E-state index is 13.9. The van der Waals surface area contributed by atoms with E-state index in [0.717, 1.165) is 12.1 Å². The summed E-state index contributed by atoms with van der Waals surface area (Å²) in [4.78, 5) is 11.8. The van der Waals surface area contributed by atoms with Crippen LogP contribution in [0.2, 0.25) is 0 Å². The van der Waals surface area contributed by atoms with Gasteiger partial charge in [0.1, 0.15) is 5.69 Å². The molecular formula is C12H11F5N2O2. The highest BCUT2D eigenvalue weighted by Crippen LogP contribution is 2.32. The Labute approximate surface area is 116 Å². The molecule has 4 nitrogen and oxygen atoms in total. The molecule has 0 radical (unpaired) electrons. The van der Waals surface area contributed by atoms with E-state index in [1.165, 1.54) is 0 Å². The number of alkyl halides is 3. The number of amides is 1. The molecule has 2 rings (SSSR count). The molecule has 0 aromatic heterocycles. The van der Waals surface area contributed by atoms with Crippen LogP contribution in [0, 0.1) is 5.82 Å². The fourth-order valence-corrected chi connectivity index (χ4v) is 2.01. The van der Waals surface area contributed by atoms with E-state index in [9.17, 15) is 26.8 Å². The molecule has 1 heterocycles. The lowest BCUT2D eigenvalue weighted by atomic mass is 10.2. The molecule has 1 unspecified atom stereocenters. The van der Waals surface area contributed by atoms with Gasteiger partial charge in [-0.1, -0.05) is 10.5 Å². The highest BCUT2D eigenvalue weighted by molar-refractivity contribution is 5.95. The van der Waals surface area contributed by atoms with E-state index in [-0.39, 0.29) is 0 Å². The zero-order chi connectivity index (χ0) is 15.6. The van der Waals surface area contributed by atoms with Crippen molar-refractivity contribution in [2.45, 2.75) is 25.2 Å². The van der Waals surface area contributed by atoms with E-state index in [1.54, 1.807) is 0 Å². The topological polar surface area (TPSA) is 41.6 Å². The van der Waals surface area contributed by atoms with Gasteiger partial charge in [-0.3, -0.25) is 4.79 Å². The minimum absolute atomic E-state index is 0.375. The van der Waals surface area contributed by atoms with Gasteiger partial charge in [0.2, 0.25) is 0 Å². The Kier molecular flexibility index (Phi) is 4.31. The van der Waals surface area contributed by atoms with E-state index in [2.05, 4.69) is 10.1 Å². The van der Waals surface area contributed by atoms with Crippen LogP contribution in [-0.2, 0) is 4.79 Å². The van der Waals surface area contributed by atoms with Gasteiger partial charge < -0.3 is 10.1 Å². The Bertz CT molecular complexity index is 529. The lowest BCUT2D eigenvalue weighted by Gasteiger charge is -2.18. The number of halogens is 5. The SMILES string of the molecule is O=C(C1CCCN1)N(F)c1cccc(OC(F)(F)F)c1F. The van der Waals surface area contributed by atoms with Crippen LogP contribution in [0.1, 0.15) is 12.8 Å². The molecule has 0 bridgehead atoms. The first-order valence-corrected chi connectivity index (χ1v) is 6.07. The van der Waals surface area contributed by atoms with Crippen molar-refractivity contribution >= 4 is 11.6 Å². The first-order chi connectivity index (χ1) is 9.79. The van der Waals surface area contributed by atoms with Crippen LogP contribution in [0.5, 0.6) is 5.75 Å². The second kappa shape index (κ2) is 5.84. The van der Waals surface area contributed by atoms with E-state index >= 15 is 0 Å². The molecule has 1 fully saturated rings. The van der Waals surface area contributed by atoms with Crippen molar-refractivity contribution < 1.29 is 31.6 Å². The molecule has 1 amide bonds. The normalized spacial score (nSPS) is 18.6. The maximum Gasteiger partial charge on any atom is 0.573 e. The van der Waals surface area contributed by atoms with Crippen molar-refractivity contribution in [3.05, 3.63) is 24.0 Å². The molecule has 1 aliphatic heterocycles. The number of rotatable bonds is 3. The van der Waals surface area contributed by atoms with Crippen LogP contribution in [0.3, 0.4) is 0 Å². The number of nitrogens with zero attached hydrogens (tertiary/aromatic N) is 1. The number of anilines is 1. The highest BCUT2D eigenvalue weighted by atomic mass is 19.4. The van der Waals surface area contributed by atoms with Gasteiger partial charge in [0.15, 0.2) is 11.6 Å². The van der Waals surface area contributed by atoms with Gasteiger partial charge in [-0.25, -0.2) is 4.39 Å². The molecule has 9 heteroatoms. The minimum Gasteiger partial charge on any atom is -0.403 e. The van der Waals surface area contributed by atoms with E-state index < -0.39 is 40.7 Å². The quantitative estimate of drug-likeness (QED) is 0.689. The van der Waals surface area contributed by atoms with Gasteiger partial charge >= 0.3 is 6.36 Å². The van der Waals surface area contributed by atoms with Crippen molar-refractivity contribution in [1.82, 2.24) is 5.32 Å². The maximum atomic E-state index is 13.9. The van der Waals surface area contributed by atoms with Gasteiger partial charge in [0, 0.05) is 0 Å². The van der Waals surface area contributed by atoms with Crippen LogP contribution >= 0.6 is 0 Å². The van der Waals surface area contributed by atoms with Gasteiger partial charge in [-0.2, -0.15) is 0 Å². The van der Waals surface area contributed by atoms with E-state index in [0.29, 0.717) is 25.5 Å². The Morgan fingerprint density at radius 1 is 1.38 bits per heavy atom. The summed E-state index contributed by atoms with van der Waals surface area (Å²) in [5.41, 5.74) is -0.921. The molecule has 21 heavy (non-hydrogen) atoms. The van der Waals surface area contributed by atoms with Crippen LogP contribution in [0.15, 0.2) is 18.2 Å². The third-order valence-electron chi connectivity index (χ3n) is 2.93. The van der Waals surface area contributed by atoms with Crippen LogP contribution in [0.4, 0.5) is 27.7 Å². The Balaban J connectivity index is 2.22. The first-order valence-electron chi connectivity index (χ1n) is 6.07. The zero-order valence-electron chi connectivity index (χ0n) is 10.6. The standard InChI is InChI=1S/C12H11F5N2O2/c13-10-8(4-1-5-9(10)21-12(14,15)16)19(17)11(20)7-3-2-6-18-7/h1,4-5,7,18H,2-3,6H2. The third kappa shape index (κ3) is 3.60. The summed E-state index contributed by atoms with van der Waals surface area (Å²) < 4.78 is 67.4. The smallest absolute Gasteiger partial charge is 0.403 e. The van der Waals surface area contributed by atoms with Crippen molar-refractivity contribution in [2.24, 2.45) is 0 Å². The number of ether oxygens (including phenoxy) is 1. The second-order valence-electron chi connectivity index (χ2n) is 4.41. The average molecular weight is 310 g/mol. The largest absolute Gasteiger partial charge is 0.573 e.